The molecule has 0 spiro atoms. The lowest BCUT2D eigenvalue weighted by molar-refractivity contribution is 0.138. The zero-order valence-electron chi connectivity index (χ0n) is 17.6. The number of carbonyl (C=O) groups excluding carboxylic acids is 2. The van der Waals surface area contributed by atoms with Crippen molar-refractivity contribution in [3.05, 3.63) is 41.5 Å². The molecule has 174 valence electrons. The van der Waals surface area contributed by atoms with Crippen molar-refractivity contribution < 1.29 is 27.5 Å². The van der Waals surface area contributed by atoms with E-state index in [0.717, 1.165) is 49.9 Å². The van der Waals surface area contributed by atoms with E-state index in [1.165, 1.54) is 0 Å². The zero-order chi connectivity index (χ0) is 22.9. The SMILES string of the molecule is O=C(Nc1cc(F)c(F)c(F)c1)N1Cc2c(N3C(=O)OC[C@H]3C3CC3)cnn2[C@@H]2CCC[C@@H]21. The Morgan fingerprint density at radius 3 is 2.52 bits per heavy atom. The molecule has 1 N–H and O–H groups in total. The van der Waals surface area contributed by atoms with Crippen molar-refractivity contribution in [2.24, 2.45) is 5.92 Å². The van der Waals surface area contributed by atoms with Crippen LogP contribution in [0.4, 0.5) is 34.1 Å². The molecule has 6 rings (SSSR count). The van der Waals surface area contributed by atoms with Crippen LogP contribution in [0.25, 0.3) is 0 Å². The molecule has 8 nitrogen and oxygen atoms in total. The van der Waals surface area contributed by atoms with Gasteiger partial charge in [0.15, 0.2) is 17.5 Å². The highest BCUT2D eigenvalue weighted by Gasteiger charge is 2.48. The lowest BCUT2D eigenvalue weighted by Gasteiger charge is -2.39. The van der Waals surface area contributed by atoms with E-state index >= 15 is 0 Å². The van der Waals surface area contributed by atoms with E-state index in [1.807, 2.05) is 4.68 Å². The number of amides is 3. The molecule has 3 fully saturated rings. The van der Waals surface area contributed by atoms with E-state index in [4.69, 9.17) is 4.74 Å². The van der Waals surface area contributed by atoms with Gasteiger partial charge < -0.3 is 15.0 Å². The molecule has 2 aliphatic heterocycles. The zero-order valence-corrected chi connectivity index (χ0v) is 17.6. The number of rotatable bonds is 3. The second kappa shape index (κ2) is 7.39. The third kappa shape index (κ3) is 3.24. The molecule has 1 aromatic carbocycles. The molecular weight excluding hydrogens is 439 g/mol. The quantitative estimate of drug-likeness (QED) is 0.696. The molecule has 2 aromatic rings. The first-order valence-electron chi connectivity index (χ1n) is 11.2. The Morgan fingerprint density at radius 2 is 1.79 bits per heavy atom. The van der Waals surface area contributed by atoms with Crippen molar-refractivity contribution in [3.8, 4) is 0 Å². The molecule has 11 heteroatoms. The maximum atomic E-state index is 13.6. The van der Waals surface area contributed by atoms with E-state index in [9.17, 15) is 22.8 Å². The molecule has 4 aliphatic rings. The van der Waals surface area contributed by atoms with Crippen LogP contribution >= 0.6 is 0 Å². The minimum absolute atomic E-state index is 0.0415. The average Bonchev–Trinajstić information content (AvgIpc) is 3.17. The number of ether oxygens (including phenoxy) is 1. The lowest BCUT2D eigenvalue weighted by Crippen LogP contribution is -2.49. The van der Waals surface area contributed by atoms with E-state index in [2.05, 4.69) is 10.4 Å². The third-order valence-corrected chi connectivity index (χ3v) is 7.18. The number of halogens is 3. The summed E-state index contributed by atoms with van der Waals surface area (Å²) < 4.78 is 47.8. The van der Waals surface area contributed by atoms with E-state index in [-0.39, 0.29) is 30.4 Å². The largest absolute Gasteiger partial charge is 0.447 e. The van der Waals surface area contributed by atoms with Crippen LogP contribution < -0.4 is 10.2 Å². The van der Waals surface area contributed by atoms with Crippen molar-refractivity contribution in [1.29, 1.82) is 0 Å². The van der Waals surface area contributed by atoms with Crippen LogP contribution in [0.15, 0.2) is 18.3 Å². The summed E-state index contributed by atoms with van der Waals surface area (Å²) in [4.78, 5) is 29.0. The summed E-state index contributed by atoms with van der Waals surface area (Å²) in [5, 5.41) is 7.07. The molecule has 1 aromatic heterocycles. The molecule has 33 heavy (non-hydrogen) atoms. The third-order valence-electron chi connectivity index (χ3n) is 7.18. The summed E-state index contributed by atoms with van der Waals surface area (Å²) in [7, 11) is 0. The summed E-state index contributed by atoms with van der Waals surface area (Å²) in [6.45, 7) is 0.516. The second-order valence-electron chi connectivity index (χ2n) is 9.15. The first-order chi connectivity index (χ1) is 15.9. The molecule has 0 bridgehead atoms. The van der Waals surface area contributed by atoms with Crippen LogP contribution in [0.1, 0.15) is 43.8 Å². The minimum atomic E-state index is -1.59. The molecule has 3 atom stereocenters. The van der Waals surface area contributed by atoms with E-state index < -0.39 is 29.6 Å². The van der Waals surface area contributed by atoms with Gasteiger partial charge in [0.05, 0.1) is 42.2 Å². The number of cyclic esters (lactones) is 1. The first-order valence-corrected chi connectivity index (χ1v) is 11.2. The predicted molar refractivity (Wildman–Crippen MR) is 110 cm³/mol. The number of benzene rings is 1. The van der Waals surface area contributed by atoms with Gasteiger partial charge in [0, 0.05) is 17.8 Å². The van der Waals surface area contributed by atoms with Crippen LogP contribution in [0.5, 0.6) is 0 Å². The van der Waals surface area contributed by atoms with Crippen LogP contribution in [-0.4, -0.2) is 45.5 Å². The number of carbonyl (C=O) groups is 2. The Hall–Kier alpha value is -3.24. The molecule has 1 saturated heterocycles. The lowest BCUT2D eigenvalue weighted by atomic mass is 10.1. The smallest absolute Gasteiger partial charge is 0.414 e. The van der Waals surface area contributed by atoms with Crippen LogP contribution in [-0.2, 0) is 11.3 Å². The summed E-state index contributed by atoms with van der Waals surface area (Å²) in [6.07, 6.45) is 5.82. The predicted octanol–water partition coefficient (Wildman–Crippen LogP) is 4.18. The van der Waals surface area contributed by atoms with Gasteiger partial charge in [-0.2, -0.15) is 5.10 Å². The maximum absolute atomic E-state index is 13.6. The van der Waals surface area contributed by atoms with Crippen LogP contribution in [0, 0.1) is 23.4 Å². The molecule has 3 amide bonds. The normalized spacial score (nSPS) is 26.3. The Morgan fingerprint density at radius 1 is 1.06 bits per heavy atom. The standard InChI is InChI=1S/C22H22F3N5O3/c23-13-6-12(7-14(24)20(13)25)27-21(31)28-9-18-17(8-26-30(18)16-3-1-2-15(16)28)29-19(11-4-5-11)10-33-22(29)32/h6-8,11,15-16,19H,1-5,9-10H2,(H,27,31)/t15-,16+,19-/m0/s1. The van der Waals surface area contributed by atoms with Gasteiger partial charge >= 0.3 is 12.1 Å². The van der Waals surface area contributed by atoms with Crippen molar-refractivity contribution >= 4 is 23.5 Å². The number of nitrogens with zero attached hydrogens (tertiary/aromatic N) is 4. The number of aromatic nitrogens is 2. The molecule has 0 unspecified atom stereocenters. The fraction of sp³-hybridized carbons (Fsp3) is 0.500. The summed E-state index contributed by atoms with van der Waals surface area (Å²) in [5.74, 6) is -3.93. The highest BCUT2D eigenvalue weighted by Crippen LogP contribution is 2.45. The Labute approximate surface area is 187 Å². The van der Waals surface area contributed by atoms with Crippen LogP contribution in [0.2, 0.25) is 0 Å². The summed E-state index contributed by atoms with van der Waals surface area (Å²) in [6, 6.07) is 0.710. The van der Waals surface area contributed by atoms with Gasteiger partial charge in [-0.25, -0.2) is 22.8 Å². The molecule has 0 radical (unpaired) electrons. The molecule has 2 aliphatic carbocycles. The number of anilines is 2. The number of fused-ring (bicyclic) bond motifs is 3. The van der Waals surface area contributed by atoms with Gasteiger partial charge in [0.1, 0.15) is 6.61 Å². The van der Waals surface area contributed by atoms with Crippen molar-refractivity contribution in [2.75, 3.05) is 16.8 Å². The first kappa shape index (κ1) is 20.4. The van der Waals surface area contributed by atoms with Crippen molar-refractivity contribution in [2.45, 2.75) is 56.8 Å². The Kier molecular flexibility index (Phi) is 4.56. The van der Waals surface area contributed by atoms with Crippen molar-refractivity contribution in [1.82, 2.24) is 14.7 Å². The highest BCUT2D eigenvalue weighted by molar-refractivity contribution is 5.92. The molecular formula is C22H22F3N5O3. The number of urea groups is 1. The van der Waals surface area contributed by atoms with Crippen LogP contribution in [0.3, 0.4) is 0 Å². The number of nitrogens with one attached hydrogen (secondary N) is 1. The van der Waals surface area contributed by atoms with E-state index in [1.54, 1.807) is 16.0 Å². The molecule has 3 heterocycles. The molecule has 2 saturated carbocycles. The monoisotopic (exact) mass is 461 g/mol. The fourth-order valence-corrected chi connectivity index (χ4v) is 5.45. The maximum Gasteiger partial charge on any atom is 0.414 e. The van der Waals surface area contributed by atoms with Gasteiger partial charge in [0.2, 0.25) is 0 Å². The van der Waals surface area contributed by atoms with Crippen molar-refractivity contribution in [3.63, 3.8) is 0 Å². The second-order valence-corrected chi connectivity index (χ2v) is 9.15. The average molecular weight is 461 g/mol. The number of hydrogen-bond acceptors (Lipinski definition) is 4. The van der Waals surface area contributed by atoms with Gasteiger partial charge in [-0.05, 0) is 38.0 Å². The topological polar surface area (TPSA) is 79.7 Å². The Balaban J connectivity index is 1.31. The van der Waals surface area contributed by atoms with Gasteiger partial charge in [-0.1, -0.05) is 0 Å². The van der Waals surface area contributed by atoms with Gasteiger partial charge in [-0.15, -0.1) is 0 Å². The fourth-order valence-electron chi connectivity index (χ4n) is 5.45. The highest BCUT2D eigenvalue weighted by atomic mass is 19.2. The van der Waals surface area contributed by atoms with E-state index in [0.29, 0.717) is 18.2 Å². The minimum Gasteiger partial charge on any atom is -0.447 e. The number of hydrogen-bond donors (Lipinski definition) is 1. The van der Waals surface area contributed by atoms with Gasteiger partial charge in [0.25, 0.3) is 0 Å². The summed E-state index contributed by atoms with van der Waals surface area (Å²) in [5.41, 5.74) is 1.20. The Bertz CT molecular complexity index is 1130. The van der Waals surface area contributed by atoms with Gasteiger partial charge in [-0.3, -0.25) is 9.58 Å². The summed E-state index contributed by atoms with van der Waals surface area (Å²) >= 11 is 0.